The average molecular weight is 675 g/mol. The predicted molar refractivity (Wildman–Crippen MR) is 193 cm³/mol. The van der Waals surface area contributed by atoms with Crippen LogP contribution in [-0.2, 0) is 0 Å². The maximum atomic E-state index is 12.3. The smallest absolute Gasteiger partial charge is 0.335 e. The number of aryl methyl sites for hydroxylation is 4. The molecule has 6 aromatic rings. The Kier molecular flexibility index (Phi) is 11.8. The van der Waals surface area contributed by atoms with Crippen LogP contribution in [0.3, 0.4) is 0 Å². The maximum absolute atomic E-state index is 12.3. The van der Waals surface area contributed by atoms with E-state index in [1.54, 1.807) is 65.3 Å². The number of anilines is 3. The number of aromatic nitrogens is 4. The van der Waals surface area contributed by atoms with Crippen molar-refractivity contribution in [3.05, 3.63) is 149 Å². The van der Waals surface area contributed by atoms with E-state index in [0.717, 1.165) is 34.2 Å². The number of rotatable bonds is 7. The molecule has 0 radical (unpaired) electrons. The van der Waals surface area contributed by atoms with Crippen LogP contribution >= 0.6 is 0 Å². The highest BCUT2D eigenvalue weighted by atomic mass is 16.4. The molecule has 8 N–H and O–H groups in total. The van der Waals surface area contributed by atoms with Crippen LogP contribution in [0, 0.1) is 27.7 Å². The van der Waals surface area contributed by atoms with E-state index in [1.807, 2.05) is 68.8 Å². The van der Waals surface area contributed by atoms with Crippen molar-refractivity contribution >= 4 is 34.9 Å². The van der Waals surface area contributed by atoms with Crippen molar-refractivity contribution in [3.63, 3.8) is 0 Å². The van der Waals surface area contributed by atoms with Gasteiger partial charge in [0.2, 0.25) is 0 Å². The minimum atomic E-state index is -0.937. The molecule has 0 saturated carbocycles. The number of nitrogens with zero attached hydrogens (tertiary/aromatic N) is 4. The Labute approximate surface area is 288 Å². The Balaban J connectivity index is 0.000000181. The van der Waals surface area contributed by atoms with Crippen LogP contribution in [0.1, 0.15) is 53.8 Å². The van der Waals surface area contributed by atoms with Gasteiger partial charge < -0.3 is 26.7 Å². The molecular weight excluding hydrogens is 636 g/mol. The van der Waals surface area contributed by atoms with E-state index in [-0.39, 0.29) is 17.0 Å². The first-order valence-electron chi connectivity index (χ1n) is 15.3. The molecule has 0 spiro atoms. The number of carbonyl (C=O) groups excluding carboxylic acids is 1. The molecule has 4 aromatic carbocycles. The Morgan fingerprint density at radius 3 is 1.42 bits per heavy atom. The normalized spacial score (nSPS) is 10.2. The lowest BCUT2D eigenvalue weighted by molar-refractivity contribution is 0.0686. The van der Waals surface area contributed by atoms with Gasteiger partial charge in [-0.1, -0.05) is 12.1 Å². The SMILES string of the molecule is Cc1cc(C)n(-c2ccc(C(=O)Nc3ccccc3N)cc2)n1.Cc1cc(C)n(-c2ccc(C(=O)O)cc2)n1.NNc1ccc(C(=O)O)cc1. The second kappa shape index (κ2) is 16.4. The fourth-order valence-corrected chi connectivity index (χ4v) is 4.79. The summed E-state index contributed by atoms with van der Waals surface area (Å²) in [6.45, 7) is 7.84. The number of aromatic carboxylic acids is 2. The zero-order chi connectivity index (χ0) is 36.4. The van der Waals surface area contributed by atoms with Gasteiger partial charge in [-0.25, -0.2) is 19.0 Å². The number of carbonyl (C=O) groups is 3. The third kappa shape index (κ3) is 9.42. The summed E-state index contributed by atoms with van der Waals surface area (Å²) in [4.78, 5) is 33.3. The van der Waals surface area contributed by atoms with E-state index in [0.29, 0.717) is 22.6 Å². The Morgan fingerprint density at radius 2 is 1.04 bits per heavy atom. The standard InChI is InChI=1S/C18H18N4O.C12H12N2O2.C7H8N2O2/c1-12-11-13(2)22(21-12)15-9-7-14(8-10-15)18(23)20-17-6-4-3-5-16(17)19;1-8-7-9(2)14(13-8)11-5-3-10(4-6-11)12(15)16;8-9-6-3-1-5(2-4-6)7(10)11/h3-11H,19H2,1-2H3,(H,20,23);3-7H,1-2H3,(H,15,16);1-4,9H,8H2,(H,10,11). The summed E-state index contributed by atoms with van der Waals surface area (Å²) in [5.41, 5.74) is 17.0. The van der Waals surface area contributed by atoms with Gasteiger partial charge in [0, 0.05) is 22.6 Å². The summed E-state index contributed by atoms with van der Waals surface area (Å²) in [5, 5.41) is 28.9. The fourth-order valence-electron chi connectivity index (χ4n) is 4.79. The van der Waals surface area contributed by atoms with Crippen molar-refractivity contribution in [2.45, 2.75) is 27.7 Å². The van der Waals surface area contributed by atoms with Gasteiger partial charge in [-0.15, -0.1) is 0 Å². The lowest BCUT2D eigenvalue weighted by Gasteiger charge is -2.09. The molecule has 2 heterocycles. The lowest BCUT2D eigenvalue weighted by Crippen LogP contribution is -2.13. The number of nitrogens with two attached hydrogens (primary N) is 2. The van der Waals surface area contributed by atoms with Crippen LogP contribution in [0.2, 0.25) is 0 Å². The third-order valence-corrected chi connectivity index (χ3v) is 7.26. The van der Waals surface area contributed by atoms with Crippen molar-refractivity contribution in [3.8, 4) is 11.4 Å². The lowest BCUT2D eigenvalue weighted by atomic mass is 10.2. The molecule has 2 aromatic heterocycles. The van der Waals surface area contributed by atoms with Crippen LogP contribution in [0.25, 0.3) is 11.4 Å². The predicted octanol–water partition coefficient (Wildman–Crippen LogP) is 6.18. The topological polar surface area (TPSA) is 203 Å². The van der Waals surface area contributed by atoms with Gasteiger partial charge in [-0.2, -0.15) is 10.2 Å². The first-order valence-corrected chi connectivity index (χ1v) is 15.3. The second-order valence-electron chi connectivity index (χ2n) is 11.1. The molecule has 0 atom stereocenters. The Bertz CT molecular complexity index is 2080. The molecule has 13 nitrogen and oxygen atoms in total. The molecule has 50 heavy (non-hydrogen) atoms. The number of nitrogens with one attached hydrogen (secondary N) is 2. The van der Waals surface area contributed by atoms with Gasteiger partial charge in [0.25, 0.3) is 5.91 Å². The average Bonchev–Trinajstić information content (AvgIpc) is 3.64. The third-order valence-electron chi connectivity index (χ3n) is 7.26. The van der Waals surface area contributed by atoms with Gasteiger partial charge in [-0.3, -0.25) is 10.6 Å². The second-order valence-corrected chi connectivity index (χ2v) is 11.1. The minimum absolute atomic E-state index is 0.192. The highest BCUT2D eigenvalue weighted by molar-refractivity contribution is 6.05. The van der Waals surface area contributed by atoms with Crippen molar-refractivity contribution in [1.29, 1.82) is 0 Å². The molecule has 6 rings (SSSR count). The molecule has 0 aliphatic carbocycles. The molecule has 0 bridgehead atoms. The number of benzene rings is 4. The van der Waals surface area contributed by atoms with Crippen molar-refractivity contribution in [1.82, 2.24) is 19.6 Å². The van der Waals surface area contributed by atoms with Crippen LogP contribution in [-0.4, -0.2) is 47.6 Å². The number of nitrogen functional groups attached to an aromatic ring is 2. The zero-order valence-corrected chi connectivity index (χ0v) is 28.0. The van der Waals surface area contributed by atoms with Crippen molar-refractivity contribution in [2.24, 2.45) is 5.84 Å². The summed E-state index contributed by atoms with van der Waals surface area (Å²) in [7, 11) is 0. The van der Waals surface area contributed by atoms with Crippen molar-refractivity contribution < 1.29 is 24.6 Å². The number of hydrogen-bond acceptors (Lipinski definition) is 8. The van der Waals surface area contributed by atoms with E-state index in [9.17, 15) is 14.4 Å². The number of hydrazine groups is 1. The van der Waals surface area contributed by atoms with Crippen LogP contribution in [0.4, 0.5) is 17.1 Å². The van der Waals surface area contributed by atoms with E-state index < -0.39 is 11.9 Å². The molecule has 0 fully saturated rings. The van der Waals surface area contributed by atoms with Crippen LogP contribution < -0.4 is 22.3 Å². The number of hydrogen-bond donors (Lipinski definition) is 6. The Morgan fingerprint density at radius 1 is 0.620 bits per heavy atom. The summed E-state index contributed by atoms with van der Waals surface area (Å²) < 4.78 is 3.65. The molecule has 13 heteroatoms. The van der Waals surface area contributed by atoms with Gasteiger partial charge in [-0.05, 0) is 125 Å². The van der Waals surface area contributed by atoms with E-state index >= 15 is 0 Å². The van der Waals surface area contributed by atoms with Crippen molar-refractivity contribution in [2.75, 3.05) is 16.5 Å². The zero-order valence-electron chi connectivity index (χ0n) is 28.0. The van der Waals surface area contributed by atoms with E-state index in [1.165, 1.54) is 12.1 Å². The van der Waals surface area contributed by atoms with Gasteiger partial charge in [0.1, 0.15) is 0 Å². The quantitative estimate of drug-likeness (QED) is 0.0644. The number of carboxylic acid groups (broad SMARTS) is 2. The number of carboxylic acids is 2. The largest absolute Gasteiger partial charge is 0.478 e. The summed E-state index contributed by atoms with van der Waals surface area (Å²) in [6, 6.07) is 31.3. The van der Waals surface area contributed by atoms with Gasteiger partial charge in [0.15, 0.2) is 0 Å². The molecule has 1 amide bonds. The first kappa shape index (κ1) is 36.1. The van der Waals surface area contributed by atoms with Crippen LogP contribution in [0.15, 0.2) is 109 Å². The van der Waals surface area contributed by atoms with Crippen LogP contribution in [0.5, 0.6) is 0 Å². The molecule has 0 aliphatic rings. The summed E-state index contributed by atoms with van der Waals surface area (Å²) in [6.07, 6.45) is 0. The highest BCUT2D eigenvalue weighted by Gasteiger charge is 2.10. The molecular formula is C37H38N8O5. The summed E-state index contributed by atoms with van der Waals surface area (Å²) in [5.74, 6) is 3.03. The molecule has 256 valence electrons. The van der Waals surface area contributed by atoms with Gasteiger partial charge >= 0.3 is 11.9 Å². The summed E-state index contributed by atoms with van der Waals surface area (Å²) >= 11 is 0. The number of para-hydroxylation sites is 2. The molecule has 0 aliphatic heterocycles. The van der Waals surface area contributed by atoms with E-state index in [4.69, 9.17) is 21.8 Å². The first-order chi connectivity index (χ1) is 23.9. The maximum Gasteiger partial charge on any atom is 0.335 e. The molecule has 0 unspecified atom stereocenters. The van der Waals surface area contributed by atoms with Gasteiger partial charge in [0.05, 0.1) is 45.3 Å². The Hall–Kier alpha value is -6.73. The minimum Gasteiger partial charge on any atom is -0.478 e. The van der Waals surface area contributed by atoms with E-state index in [2.05, 4.69) is 20.9 Å². The molecule has 0 saturated heterocycles. The monoisotopic (exact) mass is 674 g/mol. The fraction of sp³-hybridized carbons (Fsp3) is 0.108. The highest BCUT2D eigenvalue weighted by Crippen LogP contribution is 2.19. The number of amides is 1.